The van der Waals surface area contributed by atoms with Gasteiger partial charge in [-0.05, 0) is 25.2 Å². The van der Waals surface area contributed by atoms with Crippen molar-refractivity contribution in [2.45, 2.75) is 40.2 Å². The standard InChI is InChI=1S/C16H22ClN3O3/c1-15(2)10(5-6-16(15,3)14(22)23-4)13(21)20-9-11-12(17)19-8-7-18-11/h7-8,10H,5-6,9H2,1-4H3,(H,20,21)/t10-,16+/m0/s1. The van der Waals surface area contributed by atoms with Gasteiger partial charge in [-0.3, -0.25) is 14.6 Å². The van der Waals surface area contributed by atoms with Crippen LogP contribution < -0.4 is 5.32 Å². The Morgan fingerprint density at radius 3 is 2.61 bits per heavy atom. The van der Waals surface area contributed by atoms with E-state index in [0.29, 0.717) is 18.5 Å². The van der Waals surface area contributed by atoms with Crippen LogP contribution in [0, 0.1) is 16.7 Å². The minimum absolute atomic E-state index is 0.107. The lowest BCUT2D eigenvalue weighted by Crippen LogP contribution is -2.45. The fourth-order valence-corrected chi connectivity index (χ4v) is 3.48. The third kappa shape index (κ3) is 3.04. The van der Waals surface area contributed by atoms with Gasteiger partial charge >= 0.3 is 5.97 Å². The molecule has 0 saturated heterocycles. The Kier molecular flexibility index (Phi) is 4.94. The molecule has 1 saturated carbocycles. The van der Waals surface area contributed by atoms with Gasteiger partial charge in [-0.1, -0.05) is 25.4 Å². The molecule has 23 heavy (non-hydrogen) atoms. The Labute approximate surface area is 141 Å². The second kappa shape index (κ2) is 6.43. The number of hydrogen-bond donors (Lipinski definition) is 1. The van der Waals surface area contributed by atoms with E-state index in [1.165, 1.54) is 19.5 Å². The van der Waals surface area contributed by atoms with Crippen LogP contribution in [0.15, 0.2) is 12.4 Å². The van der Waals surface area contributed by atoms with Crippen molar-refractivity contribution in [2.75, 3.05) is 7.11 Å². The van der Waals surface area contributed by atoms with Gasteiger partial charge in [0.15, 0.2) is 5.15 Å². The quantitative estimate of drug-likeness (QED) is 0.852. The number of nitrogens with one attached hydrogen (secondary N) is 1. The predicted molar refractivity (Wildman–Crippen MR) is 85.5 cm³/mol. The second-order valence-corrected chi connectivity index (χ2v) is 7.01. The van der Waals surface area contributed by atoms with Gasteiger partial charge in [-0.2, -0.15) is 0 Å². The summed E-state index contributed by atoms with van der Waals surface area (Å²) in [6.45, 7) is 5.96. The van der Waals surface area contributed by atoms with Gasteiger partial charge in [-0.15, -0.1) is 0 Å². The molecule has 0 aliphatic heterocycles. The first kappa shape index (κ1) is 17.7. The molecule has 1 aliphatic carbocycles. The largest absolute Gasteiger partial charge is 0.469 e. The second-order valence-electron chi connectivity index (χ2n) is 6.65. The van der Waals surface area contributed by atoms with E-state index in [1.807, 2.05) is 20.8 Å². The van der Waals surface area contributed by atoms with E-state index >= 15 is 0 Å². The number of amides is 1. The molecule has 1 N–H and O–H groups in total. The van der Waals surface area contributed by atoms with E-state index in [4.69, 9.17) is 16.3 Å². The number of hydrogen-bond acceptors (Lipinski definition) is 5. The van der Waals surface area contributed by atoms with E-state index in [2.05, 4.69) is 15.3 Å². The molecule has 2 rings (SSSR count). The van der Waals surface area contributed by atoms with Crippen LogP contribution in [0.1, 0.15) is 39.3 Å². The molecule has 1 fully saturated rings. The molecular weight excluding hydrogens is 318 g/mol. The van der Waals surface area contributed by atoms with Crippen molar-refractivity contribution >= 4 is 23.5 Å². The van der Waals surface area contributed by atoms with E-state index in [1.54, 1.807) is 0 Å². The van der Waals surface area contributed by atoms with Crippen LogP contribution in [-0.2, 0) is 20.9 Å². The fourth-order valence-electron chi connectivity index (χ4n) is 3.31. The number of methoxy groups -OCH3 is 1. The Hall–Kier alpha value is -1.69. The molecule has 1 aromatic heterocycles. The molecule has 1 heterocycles. The molecule has 1 amide bonds. The van der Waals surface area contributed by atoms with Crippen LogP contribution >= 0.6 is 11.6 Å². The molecule has 1 aliphatic rings. The van der Waals surface area contributed by atoms with E-state index in [0.717, 1.165) is 0 Å². The summed E-state index contributed by atoms with van der Waals surface area (Å²) in [7, 11) is 1.38. The summed E-state index contributed by atoms with van der Waals surface area (Å²) in [6, 6.07) is 0. The number of rotatable bonds is 4. The first-order valence-electron chi connectivity index (χ1n) is 7.55. The Balaban J connectivity index is 2.09. The van der Waals surface area contributed by atoms with Gasteiger partial charge in [0, 0.05) is 18.3 Å². The molecule has 0 unspecified atom stereocenters. The highest BCUT2D eigenvalue weighted by molar-refractivity contribution is 6.29. The number of ether oxygens (including phenoxy) is 1. The Morgan fingerprint density at radius 2 is 2.00 bits per heavy atom. The third-order valence-corrected chi connectivity index (χ3v) is 5.65. The summed E-state index contributed by atoms with van der Waals surface area (Å²) in [5, 5.41) is 3.13. The smallest absolute Gasteiger partial charge is 0.312 e. The van der Waals surface area contributed by atoms with Crippen LogP contribution in [0.25, 0.3) is 0 Å². The number of aromatic nitrogens is 2. The van der Waals surface area contributed by atoms with Crippen molar-refractivity contribution in [3.8, 4) is 0 Å². The van der Waals surface area contributed by atoms with Gasteiger partial charge < -0.3 is 10.1 Å². The molecule has 6 nitrogen and oxygen atoms in total. The number of carbonyl (C=O) groups excluding carboxylic acids is 2. The Bertz CT molecular complexity index is 620. The summed E-state index contributed by atoms with van der Waals surface area (Å²) in [4.78, 5) is 32.8. The average Bonchev–Trinajstić information content (AvgIpc) is 2.76. The molecule has 0 bridgehead atoms. The lowest BCUT2D eigenvalue weighted by molar-refractivity contribution is -0.159. The van der Waals surface area contributed by atoms with Crippen LogP contribution in [0.5, 0.6) is 0 Å². The van der Waals surface area contributed by atoms with Gasteiger partial charge in [0.2, 0.25) is 5.91 Å². The summed E-state index contributed by atoms with van der Waals surface area (Å²) < 4.78 is 4.94. The lowest BCUT2D eigenvalue weighted by Gasteiger charge is -2.38. The number of carbonyl (C=O) groups is 2. The first-order valence-corrected chi connectivity index (χ1v) is 7.93. The highest BCUT2D eigenvalue weighted by atomic mass is 35.5. The maximum Gasteiger partial charge on any atom is 0.312 e. The van der Waals surface area contributed by atoms with Crippen molar-refractivity contribution in [3.63, 3.8) is 0 Å². The number of halogens is 1. The maximum absolute atomic E-state index is 12.6. The average molecular weight is 340 g/mol. The number of esters is 1. The molecule has 1 aromatic rings. The molecular formula is C16H22ClN3O3. The maximum atomic E-state index is 12.6. The zero-order valence-electron chi connectivity index (χ0n) is 13.9. The fraction of sp³-hybridized carbons (Fsp3) is 0.625. The minimum Gasteiger partial charge on any atom is -0.469 e. The van der Waals surface area contributed by atoms with Crippen LogP contribution in [0.2, 0.25) is 5.15 Å². The van der Waals surface area contributed by atoms with E-state index in [9.17, 15) is 9.59 Å². The SMILES string of the molecule is COC(=O)[C@@]1(C)CC[C@@H](C(=O)NCc2nccnc2Cl)C1(C)C. The van der Waals surface area contributed by atoms with E-state index < -0.39 is 10.8 Å². The predicted octanol–water partition coefficient (Wildman–Crippen LogP) is 2.36. The first-order chi connectivity index (χ1) is 10.7. The van der Waals surface area contributed by atoms with Crippen LogP contribution in [0.3, 0.4) is 0 Å². The highest BCUT2D eigenvalue weighted by Gasteiger charge is 2.58. The highest BCUT2D eigenvalue weighted by Crippen LogP contribution is 2.56. The Morgan fingerprint density at radius 1 is 1.35 bits per heavy atom. The van der Waals surface area contributed by atoms with Gasteiger partial charge in [0.1, 0.15) is 0 Å². The monoisotopic (exact) mass is 339 g/mol. The topological polar surface area (TPSA) is 81.2 Å². The molecule has 2 atom stereocenters. The summed E-state index contributed by atoms with van der Waals surface area (Å²) in [5.74, 6) is -0.652. The van der Waals surface area contributed by atoms with Gasteiger partial charge in [0.25, 0.3) is 0 Å². The van der Waals surface area contributed by atoms with Gasteiger partial charge in [0.05, 0.1) is 24.8 Å². The van der Waals surface area contributed by atoms with Crippen molar-refractivity contribution in [1.82, 2.24) is 15.3 Å². The lowest BCUT2D eigenvalue weighted by atomic mass is 9.65. The van der Waals surface area contributed by atoms with Crippen molar-refractivity contribution in [3.05, 3.63) is 23.2 Å². The van der Waals surface area contributed by atoms with E-state index in [-0.39, 0.29) is 29.5 Å². The number of nitrogens with zero attached hydrogens (tertiary/aromatic N) is 2. The molecule has 0 aromatic carbocycles. The minimum atomic E-state index is -0.673. The van der Waals surface area contributed by atoms with Crippen LogP contribution in [-0.4, -0.2) is 29.0 Å². The van der Waals surface area contributed by atoms with Crippen molar-refractivity contribution < 1.29 is 14.3 Å². The van der Waals surface area contributed by atoms with Crippen molar-refractivity contribution in [2.24, 2.45) is 16.7 Å². The zero-order valence-corrected chi connectivity index (χ0v) is 14.6. The zero-order chi connectivity index (χ0) is 17.3. The third-order valence-electron chi connectivity index (χ3n) is 5.33. The van der Waals surface area contributed by atoms with Gasteiger partial charge in [-0.25, -0.2) is 4.98 Å². The molecule has 0 spiro atoms. The van der Waals surface area contributed by atoms with Crippen LogP contribution in [0.4, 0.5) is 0 Å². The summed E-state index contributed by atoms with van der Waals surface area (Å²) in [6.07, 6.45) is 4.28. The molecule has 126 valence electrons. The van der Waals surface area contributed by atoms with Crippen molar-refractivity contribution in [1.29, 1.82) is 0 Å². The summed E-state index contributed by atoms with van der Waals surface area (Å²) in [5.41, 5.74) is -0.654. The molecule has 0 radical (unpaired) electrons. The normalized spacial score (nSPS) is 25.9. The summed E-state index contributed by atoms with van der Waals surface area (Å²) >= 11 is 5.94. The molecule has 7 heteroatoms.